The summed E-state index contributed by atoms with van der Waals surface area (Å²) in [4.78, 5) is 11.7. The van der Waals surface area contributed by atoms with Crippen LogP contribution in [0.3, 0.4) is 0 Å². The number of hydrogen-bond acceptors (Lipinski definition) is 2. The quantitative estimate of drug-likeness (QED) is 0.837. The second-order valence-electron chi connectivity index (χ2n) is 3.34. The molecule has 3 N–H and O–H groups in total. The lowest BCUT2D eigenvalue weighted by atomic mass is 10.1. The second-order valence-corrected chi connectivity index (χ2v) is 4.59. The van der Waals surface area contributed by atoms with Crippen molar-refractivity contribution in [3.63, 3.8) is 0 Å². The van der Waals surface area contributed by atoms with Crippen LogP contribution in [0.2, 0.25) is 0 Å². The molecule has 0 saturated heterocycles. The van der Waals surface area contributed by atoms with Gasteiger partial charge in [-0.3, -0.25) is 4.79 Å². The zero-order valence-electron chi connectivity index (χ0n) is 8.66. The van der Waals surface area contributed by atoms with Crippen molar-refractivity contribution in [2.24, 2.45) is 11.7 Å². The summed E-state index contributed by atoms with van der Waals surface area (Å²) in [5, 5.41) is 2.86. The number of benzene rings is 1. The maximum Gasteiger partial charge on any atom is 0.228 e. The summed E-state index contributed by atoms with van der Waals surface area (Å²) in [6.45, 7) is 2.36. The topological polar surface area (TPSA) is 55.1 Å². The predicted molar refractivity (Wildman–Crippen MR) is 70.6 cm³/mol. The lowest BCUT2D eigenvalue weighted by Gasteiger charge is -2.12. The van der Waals surface area contributed by atoms with Gasteiger partial charge in [0.2, 0.25) is 5.91 Å². The minimum Gasteiger partial charge on any atom is -0.330 e. The molecule has 0 aliphatic carbocycles. The van der Waals surface area contributed by atoms with E-state index in [0.29, 0.717) is 6.54 Å². The van der Waals surface area contributed by atoms with Gasteiger partial charge in [0, 0.05) is 15.8 Å². The van der Waals surface area contributed by atoms with Gasteiger partial charge in [0.05, 0.1) is 5.92 Å². The van der Waals surface area contributed by atoms with Crippen LogP contribution in [-0.2, 0) is 4.79 Å². The predicted octanol–water partition coefficient (Wildman–Crippen LogP) is 2.21. The minimum atomic E-state index is -0.0946. The number of rotatable bonds is 4. The number of amides is 1. The number of hydrogen-bond donors (Lipinski definition) is 2. The average Bonchev–Trinajstić information content (AvgIpc) is 2.19. The Labute approximate surface area is 104 Å². The van der Waals surface area contributed by atoms with E-state index in [2.05, 4.69) is 27.9 Å². The number of carbonyl (C=O) groups excluding carboxylic acids is 1. The fraction of sp³-hybridized carbons (Fsp3) is 0.364. The lowest BCUT2D eigenvalue weighted by molar-refractivity contribution is -0.119. The van der Waals surface area contributed by atoms with E-state index in [9.17, 15) is 4.79 Å². The Morgan fingerprint density at radius 2 is 2.33 bits per heavy atom. The summed E-state index contributed by atoms with van der Waals surface area (Å²) in [6.07, 6.45) is 0.770. The molecule has 0 bridgehead atoms. The minimum absolute atomic E-state index is 0.00185. The summed E-state index contributed by atoms with van der Waals surface area (Å²) in [7, 11) is 0. The van der Waals surface area contributed by atoms with Gasteiger partial charge in [-0.15, -0.1) is 0 Å². The van der Waals surface area contributed by atoms with Crippen LogP contribution in [0.1, 0.15) is 13.3 Å². The van der Waals surface area contributed by atoms with Crippen molar-refractivity contribution in [2.75, 3.05) is 11.9 Å². The molecule has 0 saturated carbocycles. The first-order chi connectivity index (χ1) is 7.17. The van der Waals surface area contributed by atoms with Gasteiger partial charge in [0.15, 0.2) is 0 Å². The number of anilines is 1. The first-order valence-electron chi connectivity index (χ1n) is 4.94. The molecule has 1 rings (SSSR count). The standard InChI is InChI=1S/C11H15IN2O/c1-2-8(7-13)11(15)14-10-5-3-4-9(12)6-10/h3-6,8H,2,7,13H2,1H3,(H,14,15). The van der Waals surface area contributed by atoms with Gasteiger partial charge in [0.25, 0.3) is 0 Å². The molecule has 0 aliphatic rings. The summed E-state index contributed by atoms with van der Waals surface area (Å²) >= 11 is 2.21. The molecular weight excluding hydrogens is 303 g/mol. The molecule has 15 heavy (non-hydrogen) atoms. The molecule has 4 heteroatoms. The van der Waals surface area contributed by atoms with E-state index in [4.69, 9.17) is 5.73 Å². The maximum atomic E-state index is 11.7. The van der Waals surface area contributed by atoms with E-state index < -0.39 is 0 Å². The van der Waals surface area contributed by atoms with Gasteiger partial charge >= 0.3 is 0 Å². The van der Waals surface area contributed by atoms with Crippen LogP contribution < -0.4 is 11.1 Å². The molecule has 3 nitrogen and oxygen atoms in total. The highest BCUT2D eigenvalue weighted by Crippen LogP contribution is 2.13. The normalized spacial score (nSPS) is 12.2. The summed E-state index contributed by atoms with van der Waals surface area (Å²) < 4.78 is 1.10. The van der Waals surface area contributed by atoms with E-state index in [1.165, 1.54) is 0 Å². The fourth-order valence-electron chi connectivity index (χ4n) is 1.27. The van der Waals surface area contributed by atoms with E-state index in [0.717, 1.165) is 15.7 Å². The molecule has 0 aromatic heterocycles. The van der Waals surface area contributed by atoms with Gasteiger partial charge in [-0.2, -0.15) is 0 Å². The van der Waals surface area contributed by atoms with Crippen LogP contribution in [-0.4, -0.2) is 12.5 Å². The van der Waals surface area contributed by atoms with Crippen LogP contribution in [0.25, 0.3) is 0 Å². The highest BCUT2D eigenvalue weighted by molar-refractivity contribution is 14.1. The fourth-order valence-corrected chi connectivity index (χ4v) is 1.81. The van der Waals surface area contributed by atoms with E-state index >= 15 is 0 Å². The van der Waals surface area contributed by atoms with Crippen molar-refractivity contribution in [2.45, 2.75) is 13.3 Å². The van der Waals surface area contributed by atoms with Gasteiger partial charge in [-0.05, 0) is 47.2 Å². The van der Waals surface area contributed by atoms with Gasteiger partial charge < -0.3 is 11.1 Å². The highest BCUT2D eigenvalue weighted by Gasteiger charge is 2.14. The molecule has 1 unspecified atom stereocenters. The number of nitrogens with two attached hydrogens (primary N) is 1. The Kier molecular flexibility index (Phi) is 5.04. The molecule has 0 spiro atoms. The van der Waals surface area contributed by atoms with Crippen molar-refractivity contribution in [3.05, 3.63) is 27.8 Å². The Bertz CT molecular complexity index is 337. The smallest absolute Gasteiger partial charge is 0.228 e. The molecule has 1 aromatic rings. The van der Waals surface area contributed by atoms with E-state index in [-0.39, 0.29) is 11.8 Å². The molecular formula is C11H15IN2O. The second kappa shape index (κ2) is 6.07. The van der Waals surface area contributed by atoms with Crippen molar-refractivity contribution in [3.8, 4) is 0 Å². The molecule has 0 fully saturated rings. The molecule has 82 valence electrons. The largest absolute Gasteiger partial charge is 0.330 e. The Balaban J connectivity index is 2.65. The first-order valence-corrected chi connectivity index (χ1v) is 6.01. The van der Waals surface area contributed by atoms with Crippen molar-refractivity contribution < 1.29 is 4.79 Å². The summed E-state index contributed by atoms with van der Waals surface area (Å²) in [5.74, 6) is -0.0927. The number of nitrogens with one attached hydrogen (secondary N) is 1. The highest BCUT2D eigenvalue weighted by atomic mass is 127. The van der Waals surface area contributed by atoms with Gasteiger partial charge in [-0.1, -0.05) is 13.0 Å². The number of halogens is 1. The zero-order valence-corrected chi connectivity index (χ0v) is 10.8. The number of carbonyl (C=O) groups is 1. The van der Waals surface area contributed by atoms with E-state index in [1.807, 2.05) is 31.2 Å². The molecule has 0 radical (unpaired) electrons. The maximum absolute atomic E-state index is 11.7. The molecule has 0 aliphatic heterocycles. The van der Waals surface area contributed by atoms with Crippen molar-refractivity contribution in [1.82, 2.24) is 0 Å². The third-order valence-electron chi connectivity index (χ3n) is 2.24. The SMILES string of the molecule is CCC(CN)C(=O)Nc1cccc(I)c1. The molecule has 0 heterocycles. The Hall–Kier alpha value is -0.620. The van der Waals surface area contributed by atoms with Crippen LogP contribution in [0.15, 0.2) is 24.3 Å². The van der Waals surface area contributed by atoms with Gasteiger partial charge in [0.1, 0.15) is 0 Å². The summed E-state index contributed by atoms with van der Waals surface area (Å²) in [6, 6.07) is 7.71. The first kappa shape index (κ1) is 12.4. The van der Waals surface area contributed by atoms with Gasteiger partial charge in [-0.25, -0.2) is 0 Å². The zero-order chi connectivity index (χ0) is 11.3. The van der Waals surface area contributed by atoms with Crippen LogP contribution in [0.5, 0.6) is 0 Å². The molecule has 1 amide bonds. The van der Waals surface area contributed by atoms with Crippen molar-refractivity contribution >= 4 is 34.2 Å². The Morgan fingerprint density at radius 3 is 2.87 bits per heavy atom. The Morgan fingerprint density at radius 1 is 1.60 bits per heavy atom. The third kappa shape index (κ3) is 3.79. The van der Waals surface area contributed by atoms with E-state index in [1.54, 1.807) is 0 Å². The van der Waals surface area contributed by atoms with Crippen LogP contribution in [0.4, 0.5) is 5.69 Å². The third-order valence-corrected chi connectivity index (χ3v) is 2.91. The van der Waals surface area contributed by atoms with Crippen molar-refractivity contribution in [1.29, 1.82) is 0 Å². The molecule has 1 atom stereocenters. The van der Waals surface area contributed by atoms with Crippen LogP contribution in [0, 0.1) is 9.49 Å². The molecule has 1 aromatic carbocycles. The van der Waals surface area contributed by atoms with Crippen LogP contribution >= 0.6 is 22.6 Å². The average molecular weight is 318 g/mol. The monoisotopic (exact) mass is 318 g/mol. The summed E-state index contributed by atoms with van der Waals surface area (Å²) in [5.41, 5.74) is 6.34. The lowest BCUT2D eigenvalue weighted by Crippen LogP contribution is -2.28.